The highest BCUT2D eigenvalue weighted by Crippen LogP contribution is 2.65. The SMILES string of the molecule is CC(C)(C)C(NC(=O)C1(O)CC1)C(=O)N1C[C@H]2[C@@H]([C@H]1C(=O)NC(C#N)c1cncc3cccnc13)C2(C)C. The van der Waals surface area contributed by atoms with E-state index in [0.29, 0.717) is 30.5 Å². The maximum absolute atomic E-state index is 13.9. The number of amides is 3. The van der Waals surface area contributed by atoms with Gasteiger partial charge in [-0.2, -0.15) is 5.26 Å². The van der Waals surface area contributed by atoms with Crippen molar-refractivity contribution in [3.8, 4) is 6.07 Å². The predicted molar refractivity (Wildman–Crippen MR) is 138 cm³/mol. The second-order valence-corrected chi connectivity index (χ2v) is 12.6. The Labute approximate surface area is 221 Å². The molecule has 3 heterocycles. The summed E-state index contributed by atoms with van der Waals surface area (Å²) in [6.07, 6.45) is 5.53. The monoisotopic (exact) mass is 518 g/mol. The number of aromatic nitrogens is 2. The molecule has 0 bridgehead atoms. The quantitative estimate of drug-likeness (QED) is 0.528. The second-order valence-electron chi connectivity index (χ2n) is 12.6. The second kappa shape index (κ2) is 8.73. The summed E-state index contributed by atoms with van der Waals surface area (Å²) in [6.45, 7) is 10.1. The Morgan fingerprint density at radius 1 is 1.21 bits per heavy atom. The summed E-state index contributed by atoms with van der Waals surface area (Å²) in [5, 5.41) is 26.6. The van der Waals surface area contributed by atoms with Crippen molar-refractivity contribution in [2.45, 2.75) is 71.2 Å². The number of nitriles is 1. The fourth-order valence-electron chi connectivity index (χ4n) is 5.88. The van der Waals surface area contributed by atoms with Crippen molar-refractivity contribution in [2.24, 2.45) is 22.7 Å². The largest absolute Gasteiger partial charge is 0.380 e. The summed E-state index contributed by atoms with van der Waals surface area (Å²) >= 11 is 0. The number of aliphatic hydroxyl groups is 1. The first kappa shape index (κ1) is 26.0. The van der Waals surface area contributed by atoms with Crippen LogP contribution in [0, 0.1) is 34.0 Å². The van der Waals surface area contributed by atoms with E-state index in [1.807, 2.05) is 26.8 Å². The van der Waals surface area contributed by atoms with E-state index < -0.39 is 41.0 Å². The number of pyridine rings is 2. The summed E-state index contributed by atoms with van der Waals surface area (Å²) in [5.41, 5.74) is -1.15. The lowest BCUT2D eigenvalue weighted by molar-refractivity contribution is -0.147. The van der Waals surface area contributed by atoms with Crippen LogP contribution in [-0.4, -0.2) is 61.9 Å². The van der Waals surface area contributed by atoms with Crippen molar-refractivity contribution < 1.29 is 19.5 Å². The van der Waals surface area contributed by atoms with Crippen LogP contribution < -0.4 is 10.6 Å². The van der Waals surface area contributed by atoms with E-state index in [1.54, 1.807) is 23.4 Å². The minimum Gasteiger partial charge on any atom is -0.380 e. The first-order chi connectivity index (χ1) is 17.8. The topological polar surface area (TPSA) is 148 Å². The molecular weight excluding hydrogens is 484 g/mol. The predicted octanol–water partition coefficient (Wildman–Crippen LogP) is 1.85. The van der Waals surface area contributed by atoms with Crippen molar-refractivity contribution in [2.75, 3.05) is 6.54 Å². The van der Waals surface area contributed by atoms with Crippen molar-refractivity contribution in [3.63, 3.8) is 0 Å². The number of hydrogen-bond donors (Lipinski definition) is 3. The van der Waals surface area contributed by atoms with Crippen LogP contribution in [-0.2, 0) is 14.4 Å². The van der Waals surface area contributed by atoms with Crippen molar-refractivity contribution in [3.05, 3.63) is 36.3 Å². The Kier molecular flexibility index (Phi) is 5.99. The molecule has 200 valence electrons. The first-order valence-corrected chi connectivity index (χ1v) is 13.0. The van der Waals surface area contributed by atoms with Crippen LogP contribution in [0.3, 0.4) is 0 Å². The van der Waals surface area contributed by atoms with Crippen molar-refractivity contribution in [1.82, 2.24) is 25.5 Å². The Balaban J connectivity index is 1.42. The zero-order chi connectivity index (χ0) is 27.6. The molecule has 0 spiro atoms. The van der Waals surface area contributed by atoms with Gasteiger partial charge in [0.15, 0.2) is 0 Å². The first-order valence-electron chi connectivity index (χ1n) is 13.0. The van der Waals surface area contributed by atoms with Gasteiger partial charge in [0.1, 0.15) is 23.7 Å². The molecule has 10 heteroatoms. The molecule has 3 amide bonds. The summed E-state index contributed by atoms with van der Waals surface area (Å²) in [7, 11) is 0. The smallest absolute Gasteiger partial charge is 0.252 e. The highest BCUT2D eigenvalue weighted by atomic mass is 16.3. The molecule has 5 atom stereocenters. The molecule has 38 heavy (non-hydrogen) atoms. The molecule has 2 aromatic heterocycles. The van der Waals surface area contributed by atoms with E-state index in [0.717, 1.165) is 5.39 Å². The third-order valence-electron chi connectivity index (χ3n) is 8.56. The molecule has 10 nitrogen and oxygen atoms in total. The third-order valence-corrected chi connectivity index (χ3v) is 8.56. The van der Waals surface area contributed by atoms with Crippen LogP contribution in [0.5, 0.6) is 0 Å². The third kappa shape index (κ3) is 4.29. The molecule has 3 fully saturated rings. The van der Waals surface area contributed by atoms with Gasteiger partial charge >= 0.3 is 0 Å². The minimum atomic E-state index is -1.42. The number of nitrogens with zero attached hydrogens (tertiary/aromatic N) is 4. The number of rotatable bonds is 6. The van der Waals surface area contributed by atoms with Crippen LogP contribution in [0.25, 0.3) is 10.9 Å². The molecule has 2 aromatic rings. The summed E-state index contributed by atoms with van der Waals surface area (Å²) in [5.74, 6) is -1.28. The van der Waals surface area contributed by atoms with Gasteiger partial charge in [-0.25, -0.2) is 0 Å². The van der Waals surface area contributed by atoms with Crippen molar-refractivity contribution in [1.29, 1.82) is 5.26 Å². The fraction of sp³-hybridized carbons (Fsp3) is 0.571. The molecule has 3 aliphatic rings. The van der Waals surface area contributed by atoms with E-state index in [-0.39, 0.29) is 23.2 Å². The maximum Gasteiger partial charge on any atom is 0.252 e. The molecule has 1 aliphatic heterocycles. The molecular formula is C28H34N6O4. The molecule has 0 radical (unpaired) electrons. The maximum atomic E-state index is 13.9. The molecule has 0 aromatic carbocycles. The van der Waals surface area contributed by atoms with Crippen LogP contribution in [0.1, 0.15) is 59.1 Å². The average molecular weight is 519 g/mol. The zero-order valence-electron chi connectivity index (χ0n) is 22.4. The molecule has 3 N–H and O–H groups in total. The molecule has 5 rings (SSSR count). The van der Waals surface area contributed by atoms with Crippen LogP contribution >= 0.6 is 0 Å². The van der Waals surface area contributed by atoms with Gasteiger partial charge in [-0.15, -0.1) is 0 Å². The summed E-state index contributed by atoms with van der Waals surface area (Å²) < 4.78 is 0. The standard InChI is InChI=1S/C28H34N6O4/c1-26(2,3)22(33-25(37)28(38)8-9-28)24(36)34-14-17-19(27(17,4)5)21(34)23(35)32-18(11-29)16-13-30-12-15-7-6-10-31-20(15)16/h6-7,10,12-13,17-19,21-22,38H,8-9,14H2,1-5H3,(H,32,35)(H,33,37)/t17-,18?,19-,21-,22?/m0/s1. The number of carbonyl (C=O) groups is 3. The van der Waals surface area contributed by atoms with Crippen LogP contribution in [0.15, 0.2) is 30.7 Å². The Hall–Kier alpha value is -3.58. The van der Waals surface area contributed by atoms with Gasteiger partial charge in [0.05, 0.1) is 11.6 Å². The average Bonchev–Trinajstić information content (AvgIpc) is 3.66. The number of nitrogens with one attached hydrogen (secondary N) is 2. The van der Waals surface area contributed by atoms with Gasteiger partial charge in [0, 0.05) is 36.1 Å². The van der Waals surface area contributed by atoms with E-state index in [1.165, 1.54) is 6.20 Å². The van der Waals surface area contributed by atoms with Gasteiger partial charge in [-0.05, 0) is 47.6 Å². The van der Waals surface area contributed by atoms with E-state index >= 15 is 0 Å². The van der Waals surface area contributed by atoms with Gasteiger partial charge in [-0.3, -0.25) is 24.4 Å². The van der Waals surface area contributed by atoms with E-state index in [9.17, 15) is 24.8 Å². The summed E-state index contributed by atoms with van der Waals surface area (Å²) in [6, 6.07) is 3.05. The number of carbonyl (C=O) groups excluding carboxylic acids is 3. The Bertz CT molecular complexity index is 1350. The lowest BCUT2D eigenvalue weighted by Gasteiger charge is -2.38. The van der Waals surface area contributed by atoms with Crippen LogP contribution in [0.2, 0.25) is 0 Å². The molecule has 1 saturated heterocycles. The number of fused-ring (bicyclic) bond motifs is 2. The van der Waals surface area contributed by atoms with E-state index in [4.69, 9.17) is 0 Å². The van der Waals surface area contributed by atoms with Crippen LogP contribution in [0.4, 0.5) is 0 Å². The van der Waals surface area contributed by atoms with Gasteiger partial charge in [-0.1, -0.05) is 34.6 Å². The highest BCUT2D eigenvalue weighted by Gasteiger charge is 2.70. The Morgan fingerprint density at radius 2 is 1.92 bits per heavy atom. The molecule has 2 saturated carbocycles. The fourth-order valence-corrected chi connectivity index (χ4v) is 5.88. The van der Waals surface area contributed by atoms with Crippen molar-refractivity contribution >= 4 is 28.6 Å². The number of piperidine rings is 1. The highest BCUT2D eigenvalue weighted by molar-refractivity contribution is 5.96. The van der Waals surface area contributed by atoms with Gasteiger partial charge in [0.25, 0.3) is 5.91 Å². The number of likely N-dealkylation sites (tertiary alicyclic amines) is 1. The summed E-state index contributed by atoms with van der Waals surface area (Å²) in [4.78, 5) is 50.6. The molecule has 2 unspecified atom stereocenters. The molecule has 2 aliphatic carbocycles. The number of hydrogen-bond acceptors (Lipinski definition) is 7. The zero-order valence-corrected chi connectivity index (χ0v) is 22.4. The van der Waals surface area contributed by atoms with Gasteiger partial charge < -0.3 is 20.6 Å². The minimum absolute atomic E-state index is 0.0708. The lowest BCUT2D eigenvalue weighted by atomic mass is 9.85. The normalized spacial score (nSPS) is 26.0. The van der Waals surface area contributed by atoms with Gasteiger partial charge in [0.2, 0.25) is 11.8 Å². The Morgan fingerprint density at radius 3 is 2.55 bits per heavy atom. The van der Waals surface area contributed by atoms with E-state index in [2.05, 4.69) is 40.5 Å². The lowest BCUT2D eigenvalue weighted by Crippen LogP contribution is -2.60.